The Morgan fingerprint density at radius 1 is 1.31 bits per heavy atom. The van der Waals surface area contributed by atoms with Crippen molar-refractivity contribution >= 4 is 0 Å². The van der Waals surface area contributed by atoms with Gasteiger partial charge in [0.1, 0.15) is 6.61 Å². The minimum Gasteiger partial charge on any atom is -0.475 e. The van der Waals surface area contributed by atoms with Crippen LogP contribution >= 0.6 is 0 Å². The Morgan fingerprint density at radius 3 is 2.44 bits per heavy atom. The van der Waals surface area contributed by atoms with Gasteiger partial charge in [0.25, 0.3) is 0 Å². The molecule has 1 rings (SSSR count). The van der Waals surface area contributed by atoms with E-state index in [4.69, 9.17) is 10.5 Å². The lowest BCUT2D eigenvalue weighted by Gasteiger charge is -2.07. The average molecular weight is 225 g/mol. The first-order chi connectivity index (χ1) is 7.69. The monoisotopic (exact) mass is 225 g/mol. The van der Waals surface area contributed by atoms with E-state index in [0.29, 0.717) is 18.5 Å². The number of halogens is 2. The van der Waals surface area contributed by atoms with Crippen molar-refractivity contribution < 1.29 is 13.5 Å². The van der Waals surface area contributed by atoms with E-state index in [2.05, 4.69) is 11.8 Å². The van der Waals surface area contributed by atoms with Gasteiger partial charge in [-0.2, -0.15) is 0 Å². The molecule has 0 unspecified atom stereocenters. The van der Waals surface area contributed by atoms with Gasteiger partial charge in [-0.25, -0.2) is 8.78 Å². The van der Waals surface area contributed by atoms with Crippen molar-refractivity contribution in [2.75, 3.05) is 13.2 Å². The summed E-state index contributed by atoms with van der Waals surface area (Å²) in [6.07, 6.45) is 0.433. The van der Waals surface area contributed by atoms with Gasteiger partial charge >= 0.3 is 0 Å². The van der Waals surface area contributed by atoms with E-state index in [1.807, 2.05) is 0 Å². The number of nitrogens with two attached hydrogens (primary N) is 1. The van der Waals surface area contributed by atoms with Crippen LogP contribution in [0.4, 0.5) is 8.78 Å². The van der Waals surface area contributed by atoms with Gasteiger partial charge in [-0.05, 0) is 37.6 Å². The zero-order valence-electron chi connectivity index (χ0n) is 9.02. The van der Waals surface area contributed by atoms with Crippen LogP contribution in [0.2, 0.25) is 0 Å². The summed E-state index contributed by atoms with van der Waals surface area (Å²) < 4.78 is 31.7. The molecule has 0 radical (unpaired) electrons. The fourth-order valence-corrected chi connectivity index (χ4v) is 1.24. The van der Waals surface area contributed by atoms with E-state index < -0.39 is 11.6 Å². The van der Waals surface area contributed by atoms with E-state index in [-0.39, 0.29) is 12.4 Å². The molecule has 0 aromatic heterocycles. The van der Waals surface area contributed by atoms with Crippen molar-refractivity contribution in [3.8, 4) is 17.6 Å². The predicted molar refractivity (Wildman–Crippen MR) is 58.1 cm³/mol. The van der Waals surface area contributed by atoms with Gasteiger partial charge in [-0.15, -0.1) is 5.92 Å². The second-order valence-electron chi connectivity index (χ2n) is 3.14. The molecule has 4 heteroatoms. The highest BCUT2D eigenvalue weighted by Crippen LogP contribution is 2.23. The van der Waals surface area contributed by atoms with Crippen molar-refractivity contribution in [3.05, 3.63) is 29.3 Å². The summed E-state index contributed by atoms with van der Waals surface area (Å²) in [4.78, 5) is 0. The molecule has 0 atom stereocenters. The maximum absolute atomic E-state index is 13.4. The Bertz CT molecular complexity index is 398. The number of benzene rings is 1. The molecule has 0 saturated carbocycles. The second-order valence-corrected chi connectivity index (χ2v) is 3.14. The average Bonchev–Trinajstić information content (AvgIpc) is 2.23. The zero-order valence-corrected chi connectivity index (χ0v) is 9.02. The summed E-state index contributed by atoms with van der Waals surface area (Å²) in [6, 6.07) is 2.45. The highest BCUT2D eigenvalue weighted by atomic mass is 19.1. The Kier molecular flexibility index (Phi) is 4.74. The molecule has 86 valence electrons. The summed E-state index contributed by atoms with van der Waals surface area (Å²) in [5, 5.41) is 0. The Labute approximate surface area is 93.4 Å². The van der Waals surface area contributed by atoms with Gasteiger partial charge in [0.2, 0.25) is 0 Å². The fourth-order valence-electron chi connectivity index (χ4n) is 1.24. The van der Waals surface area contributed by atoms with Gasteiger partial charge in [0.15, 0.2) is 17.4 Å². The first kappa shape index (κ1) is 12.5. The van der Waals surface area contributed by atoms with Crippen LogP contribution in [-0.4, -0.2) is 13.2 Å². The van der Waals surface area contributed by atoms with Crippen LogP contribution in [0.5, 0.6) is 5.75 Å². The van der Waals surface area contributed by atoms with Gasteiger partial charge in [0, 0.05) is 0 Å². The zero-order chi connectivity index (χ0) is 12.0. The smallest absolute Gasteiger partial charge is 0.192 e. The summed E-state index contributed by atoms with van der Waals surface area (Å²) in [7, 11) is 0. The van der Waals surface area contributed by atoms with Gasteiger partial charge < -0.3 is 10.5 Å². The maximum Gasteiger partial charge on any atom is 0.192 e. The standard InChI is InChI=1S/C12H13F2NO/c1-2-3-6-16-12-10(13)7-9(4-5-15)8-11(12)14/h7-8H,4-6,15H2,1H3. The van der Waals surface area contributed by atoms with Gasteiger partial charge in [-0.1, -0.05) is 5.92 Å². The van der Waals surface area contributed by atoms with E-state index in [0.717, 1.165) is 0 Å². The molecule has 0 heterocycles. The molecular formula is C12H13F2NO. The van der Waals surface area contributed by atoms with E-state index in [9.17, 15) is 8.78 Å². The molecule has 0 saturated heterocycles. The molecule has 0 aliphatic rings. The van der Waals surface area contributed by atoms with Crippen LogP contribution < -0.4 is 10.5 Å². The first-order valence-corrected chi connectivity index (χ1v) is 4.89. The van der Waals surface area contributed by atoms with Crippen LogP contribution in [0.1, 0.15) is 12.5 Å². The Hall–Kier alpha value is -1.60. The third-order valence-electron chi connectivity index (χ3n) is 1.96. The lowest BCUT2D eigenvalue weighted by Crippen LogP contribution is -2.05. The predicted octanol–water partition coefficient (Wildman–Crippen LogP) is 1.87. The van der Waals surface area contributed by atoms with Crippen LogP contribution in [0.3, 0.4) is 0 Å². The number of hydrogen-bond donors (Lipinski definition) is 1. The second kappa shape index (κ2) is 6.09. The largest absolute Gasteiger partial charge is 0.475 e. The summed E-state index contributed by atoms with van der Waals surface area (Å²) >= 11 is 0. The molecule has 0 spiro atoms. The molecular weight excluding hydrogens is 212 g/mol. The summed E-state index contributed by atoms with van der Waals surface area (Å²) in [5.74, 6) is 3.31. The molecule has 0 aliphatic carbocycles. The highest BCUT2D eigenvalue weighted by molar-refractivity contribution is 5.31. The van der Waals surface area contributed by atoms with E-state index >= 15 is 0 Å². The van der Waals surface area contributed by atoms with Crippen LogP contribution in [0.15, 0.2) is 12.1 Å². The normalized spacial score (nSPS) is 9.50. The van der Waals surface area contributed by atoms with Crippen LogP contribution in [0.25, 0.3) is 0 Å². The number of rotatable bonds is 4. The molecule has 0 bridgehead atoms. The first-order valence-electron chi connectivity index (χ1n) is 4.89. The SMILES string of the molecule is CC#CCOc1c(F)cc(CCN)cc1F. The molecule has 0 aliphatic heterocycles. The molecule has 2 nitrogen and oxygen atoms in total. The van der Waals surface area contributed by atoms with Crippen molar-refractivity contribution in [2.24, 2.45) is 5.73 Å². The van der Waals surface area contributed by atoms with Crippen molar-refractivity contribution in [2.45, 2.75) is 13.3 Å². The third-order valence-corrected chi connectivity index (χ3v) is 1.96. The lowest BCUT2D eigenvalue weighted by molar-refractivity contribution is 0.326. The van der Waals surface area contributed by atoms with E-state index in [1.54, 1.807) is 6.92 Å². The number of ether oxygens (including phenoxy) is 1. The molecule has 0 fully saturated rings. The molecule has 1 aromatic carbocycles. The highest BCUT2D eigenvalue weighted by Gasteiger charge is 2.11. The fraction of sp³-hybridized carbons (Fsp3) is 0.333. The van der Waals surface area contributed by atoms with Crippen molar-refractivity contribution in [1.29, 1.82) is 0 Å². The Balaban J connectivity index is 2.87. The minimum absolute atomic E-state index is 0.0272. The third kappa shape index (κ3) is 3.21. The Morgan fingerprint density at radius 2 is 1.94 bits per heavy atom. The van der Waals surface area contributed by atoms with Gasteiger partial charge in [0.05, 0.1) is 0 Å². The molecule has 1 aromatic rings. The van der Waals surface area contributed by atoms with Crippen LogP contribution in [-0.2, 0) is 6.42 Å². The number of hydrogen-bond acceptors (Lipinski definition) is 2. The summed E-state index contributed by atoms with van der Waals surface area (Å²) in [6.45, 7) is 1.95. The van der Waals surface area contributed by atoms with Crippen molar-refractivity contribution in [3.63, 3.8) is 0 Å². The quantitative estimate of drug-likeness (QED) is 0.794. The van der Waals surface area contributed by atoms with Crippen LogP contribution in [0, 0.1) is 23.5 Å². The lowest BCUT2D eigenvalue weighted by atomic mass is 10.1. The summed E-state index contributed by atoms with van der Waals surface area (Å²) in [5.41, 5.74) is 5.82. The molecule has 2 N–H and O–H groups in total. The minimum atomic E-state index is -0.721. The molecule has 0 amide bonds. The molecule has 16 heavy (non-hydrogen) atoms. The van der Waals surface area contributed by atoms with Gasteiger partial charge in [-0.3, -0.25) is 0 Å². The maximum atomic E-state index is 13.4. The topological polar surface area (TPSA) is 35.2 Å². The van der Waals surface area contributed by atoms with E-state index in [1.165, 1.54) is 12.1 Å². The van der Waals surface area contributed by atoms with Crippen molar-refractivity contribution in [1.82, 2.24) is 0 Å².